The molecular weight excluding hydrogens is 412 g/mol. The molecule has 33 heavy (non-hydrogen) atoms. The SMILES string of the molecule is Cc1cccc(CN(C(=O)COc2ccc(C(C)(C)C)cc2)C(C)C(=O)NC2CCCC2)c1. The first kappa shape index (κ1) is 24.8. The molecule has 1 saturated carbocycles. The van der Waals surface area contributed by atoms with E-state index in [0.717, 1.165) is 36.8 Å². The lowest BCUT2D eigenvalue weighted by Crippen LogP contribution is -2.50. The van der Waals surface area contributed by atoms with Crippen molar-refractivity contribution in [1.29, 1.82) is 0 Å². The standard InChI is InChI=1S/C28H38N2O3/c1-20-9-8-10-22(17-20)18-30(21(2)27(32)29-24-11-6-7-12-24)26(31)19-33-25-15-13-23(14-16-25)28(3,4)5/h8-10,13-17,21,24H,6-7,11-12,18-19H2,1-5H3,(H,29,32). The second-order valence-electron chi connectivity index (χ2n) is 10.2. The van der Waals surface area contributed by atoms with E-state index in [2.05, 4.69) is 26.1 Å². The van der Waals surface area contributed by atoms with Gasteiger partial charge in [0.15, 0.2) is 6.61 Å². The Morgan fingerprint density at radius 2 is 1.76 bits per heavy atom. The van der Waals surface area contributed by atoms with E-state index in [0.29, 0.717) is 12.3 Å². The van der Waals surface area contributed by atoms with Crippen molar-refractivity contribution in [1.82, 2.24) is 10.2 Å². The molecule has 0 spiro atoms. The second-order valence-corrected chi connectivity index (χ2v) is 10.2. The maximum Gasteiger partial charge on any atom is 0.261 e. The maximum atomic E-state index is 13.2. The highest BCUT2D eigenvalue weighted by Gasteiger charge is 2.28. The van der Waals surface area contributed by atoms with Gasteiger partial charge in [-0.2, -0.15) is 0 Å². The highest BCUT2D eigenvalue weighted by Crippen LogP contribution is 2.24. The third kappa shape index (κ3) is 7.08. The summed E-state index contributed by atoms with van der Waals surface area (Å²) in [4.78, 5) is 27.8. The zero-order valence-electron chi connectivity index (χ0n) is 20.7. The number of benzene rings is 2. The molecule has 5 nitrogen and oxygen atoms in total. The highest BCUT2D eigenvalue weighted by atomic mass is 16.5. The summed E-state index contributed by atoms with van der Waals surface area (Å²) in [6.45, 7) is 10.6. The molecule has 2 aromatic rings. The number of nitrogens with one attached hydrogen (secondary N) is 1. The number of amides is 2. The first-order chi connectivity index (χ1) is 15.6. The zero-order chi connectivity index (χ0) is 24.0. The van der Waals surface area contributed by atoms with Gasteiger partial charge in [0, 0.05) is 12.6 Å². The van der Waals surface area contributed by atoms with Crippen molar-refractivity contribution in [2.45, 2.75) is 84.3 Å². The second kappa shape index (κ2) is 10.9. The number of ether oxygens (including phenoxy) is 1. The average Bonchev–Trinajstić information content (AvgIpc) is 3.28. The van der Waals surface area contributed by atoms with Crippen LogP contribution in [0.3, 0.4) is 0 Å². The summed E-state index contributed by atoms with van der Waals surface area (Å²) in [7, 11) is 0. The minimum Gasteiger partial charge on any atom is -0.484 e. The lowest BCUT2D eigenvalue weighted by Gasteiger charge is -2.29. The maximum absolute atomic E-state index is 13.2. The Bertz CT molecular complexity index is 940. The van der Waals surface area contributed by atoms with Crippen LogP contribution in [0.5, 0.6) is 5.75 Å². The molecule has 178 valence electrons. The van der Waals surface area contributed by atoms with E-state index in [1.807, 2.05) is 55.5 Å². The molecule has 0 heterocycles. The molecule has 0 aromatic heterocycles. The molecule has 5 heteroatoms. The number of hydrogen-bond acceptors (Lipinski definition) is 3. The topological polar surface area (TPSA) is 58.6 Å². The Balaban J connectivity index is 1.70. The molecule has 0 aliphatic heterocycles. The first-order valence-electron chi connectivity index (χ1n) is 12.0. The van der Waals surface area contributed by atoms with Crippen molar-refractivity contribution >= 4 is 11.8 Å². The van der Waals surface area contributed by atoms with Crippen LogP contribution in [0, 0.1) is 6.92 Å². The molecule has 1 aliphatic rings. The lowest BCUT2D eigenvalue weighted by molar-refractivity contribution is -0.142. The molecule has 3 rings (SSSR count). The van der Waals surface area contributed by atoms with Crippen molar-refractivity contribution in [2.24, 2.45) is 0 Å². The van der Waals surface area contributed by atoms with Crippen molar-refractivity contribution in [2.75, 3.05) is 6.61 Å². The summed E-state index contributed by atoms with van der Waals surface area (Å²) in [6, 6.07) is 15.5. The van der Waals surface area contributed by atoms with Gasteiger partial charge in [-0.05, 0) is 55.4 Å². The molecule has 0 bridgehead atoms. The van der Waals surface area contributed by atoms with Crippen LogP contribution < -0.4 is 10.1 Å². The van der Waals surface area contributed by atoms with Gasteiger partial charge in [0.05, 0.1) is 0 Å². The zero-order valence-corrected chi connectivity index (χ0v) is 20.7. The third-order valence-electron chi connectivity index (χ3n) is 6.39. The number of carbonyl (C=O) groups is 2. The van der Waals surface area contributed by atoms with E-state index in [1.54, 1.807) is 11.8 Å². The fraction of sp³-hybridized carbons (Fsp3) is 0.500. The van der Waals surface area contributed by atoms with Crippen molar-refractivity contribution in [3.63, 3.8) is 0 Å². The minimum absolute atomic E-state index is 0.0566. The van der Waals surface area contributed by atoms with Crippen molar-refractivity contribution in [3.8, 4) is 5.75 Å². The number of nitrogens with zero attached hydrogens (tertiary/aromatic N) is 1. The molecule has 1 N–H and O–H groups in total. The number of aryl methyl sites for hydroxylation is 1. The van der Waals surface area contributed by atoms with E-state index >= 15 is 0 Å². The summed E-state index contributed by atoms with van der Waals surface area (Å²) in [5.74, 6) is 0.345. The Morgan fingerprint density at radius 1 is 1.09 bits per heavy atom. The van der Waals surface area contributed by atoms with Gasteiger partial charge in [0.2, 0.25) is 5.91 Å². The van der Waals surface area contributed by atoms with Gasteiger partial charge in [-0.1, -0.05) is 75.6 Å². The van der Waals surface area contributed by atoms with E-state index in [-0.39, 0.29) is 29.9 Å². The largest absolute Gasteiger partial charge is 0.484 e. The normalized spacial score (nSPS) is 15.2. The van der Waals surface area contributed by atoms with Gasteiger partial charge < -0.3 is 15.0 Å². The highest BCUT2D eigenvalue weighted by molar-refractivity contribution is 5.88. The lowest BCUT2D eigenvalue weighted by atomic mass is 9.87. The smallest absolute Gasteiger partial charge is 0.261 e. The van der Waals surface area contributed by atoms with Crippen LogP contribution in [0.4, 0.5) is 0 Å². The van der Waals surface area contributed by atoms with Gasteiger partial charge in [-0.15, -0.1) is 0 Å². The summed E-state index contributed by atoms with van der Waals surface area (Å²) in [5, 5.41) is 3.13. The molecule has 0 saturated heterocycles. The molecular formula is C28H38N2O3. The predicted octanol–water partition coefficient (Wildman–Crippen LogP) is 5.15. The van der Waals surface area contributed by atoms with E-state index in [9.17, 15) is 9.59 Å². The number of rotatable bonds is 8. The predicted molar refractivity (Wildman–Crippen MR) is 132 cm³/mol. The van der Waals surface area contributed by atoms with Crippen LogP contribution in [0.15, 0.2) is 48.5 Å². The number of hydrogen-bond donors (Lipinski definition) is 1. The van der Waals surface area contributed by atoms with Crippen molar-refractivity contribution < 1.29 is 14.3 Å². The van der Waals surface area contributed by atoms with Crippen LogP contribution >= 0.6 is 0 Å². The van der Waals surface area contributed by atoms with E-state index in [1.165, 1.54) is 5.56 Å². The third-order valence-corrected chi connectivity index (χ3v) is 6.39. The quantitative estimate of drug-likeness (QED) is 0.605. The fourth-order valence-electron chi connectivity index (χ4n) is 4.26. The van der Waals surface area contributed by atoms with E-state index in [4.69, 9.17) is 4.74 Å². The monoisotopic (exact) mass is 450 g/mol. The Morgan fingerprint density at radius 3 is 2.36 bits per heavy atom. The van der Waals surface area contributed by atoms with Crippen LogP contribution in [0.1, 0.15) is 70.1 Å². The summed E-state index contributed by atoms with van der Waals surface area (Å²) < 4.78 is 5.82. The van der Waals surface area contributed by atoms with Crippen LogP contribution in [-0.4, -0.2) is 35.4 Å². The van der Waals surface area contributed by atoms with E-state index < -0.39 is 6.04 Å². The Labute approximate surface area is 198 Å². The first-order valence-corrected chi connectivity index (χ1v) is 12.0. The van der Waals surface area contributed by atoms with Gasteiger partial charge >= 0.3 is 0 Å². The minimum atomic E-state index is -0.578. The summed E-state index contributed by atoms with van der Waals surface area (Å²) in [5.41, 5.74) is 3.39. The number of carbonyl (C=O) groups excluding carboxylic acids is 2. The molecule has 1 unspecified atom stereocenters. The molecule has 2 aromatic carbocycles. The van der Waals surface area contributed by atoms with Gasteiger partial charge in [-0.3, -0.25) is 9.59 Å². The van der Waals surface area contributed by atoms with Crippen LogP contribution in [-0.2, 0) is 21.5 Å². The van der Waals surface area contributed by atoms with Gasteiger partial charge in [0.25, 0.3) is 5.91 Å². The Hall–Kier alpha value is -2.82. The van der Waals surface area contributed by atoms with Gasteiger partial charge in [0.1, 0.15) is 11.8 Å². The van der Waals surface area contributed by atoms with Gasteiger partial charge in [-0.25, -0.2) is 0 Å². The molecule has 0 radical (unpaired) electrons. The molecule has 1 fully saturated rings. The summed E-state index contributed by atoms with van der Waals surface area (Å²) >= 11 is 0. The average molecular weight is 451 g/mol. The molecule has 1 atom stereocenters. The van der Waals surface area contributed by atoms with Crippen molar-refractivity contribution in [3.05, 3.63) is 65.2 Å². The molecule has 2 amide bonds. The van der Waals surface area contributed by atoms with Crippen LogP contribution in [0.2, 0.25) is 0 Å². The molecule has 1 aliphatic carbocycles. The van der Waals surface area contributed by atoms with Crippen LogP contribution in [0.25, 0.3) is 0 Å². The Kier molecular flexibility index (Phi) is 8.17. The summed E-state index contributed by atoms with van der Waals surface area (Å²) in [6.07, 6.45) is 4.32. The fourth-order valence-corrected chi connectivity index (χ4v) is 4.26.